The van der Waals surface area contributed by atoms with Gasteiger partial charge in [-0.05, 0) is 85.6 Å². The first-order valence-electron chi connectivity index (χ1n) is 12.4. The summed E-state index contributed by atoms with van der Waals surface area (Å²) in [5.41, 5.74) is -2.29. The van der Waals surface area contributed by atoms with Crippen molar-refractivity contribution in [3.63, 3.8) is 0 Å². The first-order valence-corrected chi connectivity index (χ1v) is 12.4. The minimum Gasteiger partial charge on any atom is -0.383 e. The van der Waals surface area contributed by atoms with E-state index in [1.807, 2.05) is 0 Å². The third-order valence-electron chi connectivity index (χ3n) is 6.91. The van der Waals surface area contributed by atoms with E-state index in [0.29, 0.717) is 25.2 Å². The molecule has 1 amide bonds. The number of nitrogens with one attached hydrogen (secondary N) is 1. The van der Waals surface area contributed by atoms with Gasteiger partial charge in [-0.25, -0.2) is 4.39 Å². The third kappa shape index (κ3) is 8.97. The molecule has 210 valence electrons. The molecule has 1 aliphatic heterocycles. The van der Waals surface area contributed by atoms with Gasteiger partial charge in [0.2, 0.25) is 5.91 Å². The summed E-state index contributed by atoms with van der Waals surface area (Å²) < 4.78 is 97.4. The number of hydrogen-bond donors (Lipinski definition) is 1. The molecule has 0 aliphatic carbocycles. The lowest BCUT2D eigenvalue weighted by molar-refractivity contribution is -0.143. The number of hydrogen-bond acceptors (Lipinski definition) is 3. The number of alkyl halides is 6. The zero-order chi connectivity index (χ0) is 27.9. The fraction of sp³-hybridized carbons (Fsp3) is 0.519. The van der Waals surface area contributed by atoms with E-state index in [1.54, 1.807) is 19.2 Å². The Bertz CT molecular complexity index is 1010. The number of carbonyl (C=O) groups excluding carboxylic acids is 1. The average Bonchev–Trinajstić information content (AvgIpc) is 2.86. The maximum atomic E-state index is 13.4. The number of likely N-dealkylation sites (tertiary alicyclic amines) is 1. The van der Waals surface area contributed by atoms with Gasteiger partial charge in [-0.1, -0.05) is 12.1 Å². The van der Waals surface area contributed by atoms with Crippen LogP contribution in [0, 0.1) is 17.7 Å². The SMILES string of the molecule is COCCN1CCC(C(CC(=O)NCc2cc(C(F)(F)F)cc(C(F)(F)F)c2)Cc2ccc(F)cc2)CC1. The topological polar surface area (TPSA) is 41.6 Å². The first kappa shape index (κ1) is 29.9. The molecule has 1 atom stereocenters. The Kier molecular flexibility index (Phi) is 10.2. The zero-order valence-electron chi connectivity index (χ0n) is 21.0. The third-order valence-corrected chi connectivity index (χ3v) is 6.91. The number of methoxy groups -OCH3 is 1. The van der Waals surface area contributed by atoms with Crippen molar-refractivity contribution in [2.24, 2.45) is 11.8 Å². The monoisotopic (exact) mass is 548 g/mol. The molecule has 2 aromatic carbocycles. The summed E-state index contributed by atoms with van der Waals surface area (Å²) in [6.07, 6.45) is -7.73. The largest absolute Gasteiger partial charge is 0.416 e. The summed E-state index contributed by atoms with van der Waals surface area (Å²) in [7, 11) is 1.63. The van der Waals surface area contributed by atoms with Gasteiger partial charge in [0, 0.05) is 26.6 Å². The van der Waals surface area contributed by atoms with Crippen molar-refractivity contribution in [1.82, 2.24) is 10.2 Å². The zero-order valence-corrected chi connectivity index (χ0v) is 21.0. The molecule has 0 bridgehead atoms. The Labute approximate surface area is 217 Å². The van der Waals surface area contributed by atoms with E-state index in [9.17, 15) is 35.5 Å². The standard InChI is InChI=1S/C27H31F7N2O2/c1-38-11-10-36-8-6-20(7-9-36)21(12-18-2-4-24(28)5-3-18)15-25(37)35-17-19-13-22(26(29,30)31)16-23(14-19)27(32,33)34/h2-5,13-14,16,20-21H,6-12,15,17H2,1H3,(H,35,37). The van der Waals surface area contributed by atoms with Gasteiger partial charge in [0.05, 0.1) is 17.7 Å². The Hall–Kier alpha value is -2.66. The summed E-state index contributed by atoms with van der Waals surface area (Å²) in [5, 5.41) is 2.50. The number of benzene rings is 2. The van der Waals surface area contributed by atoms with Gasteiger partial charge in [-0.2, -0.15) is 26.3 Å². The van der Waals surface area contributed by atoms with Crippen LogP contribution in [-0.2, 0) is 34.8 Å². The van der Waals surface area contributed by atoms with Crippen molar-refractivity contribution in [2.45, 2.75) is 44.6 Å². The van der Waals surface area contributed by atoms with Gasteiger partial charge < -0.3 is 15.0 Å². The second kappa shape index (κ2) is 12.9. The van der Waals surface area contributed by atoms with Gasteiger partial charge in [0.25, 0.3) is 0 Å². The fourth-order valence-electron chi connectivity index (χ4n) is 4.83. The second-order valence-corrected chi connectivity index (χ2v) is 9.66. The molecule has 0 aromatic heterocycles. The Morgan fingerprint density at radius 2 is 1.55 bits per heavy atom. The van der Waals surface area contributed by atoms with E-state index in [0.717, 1.165) is 38.0 Å². The Morgan fingerprint density at radius 3 is 2.08 bits per heavy atom. The highest BCUT2D eigenvalue weighted by Crippen LogP contribution is 2.36. The molecule has 1 N–H and O–H groups in total. The van der Waals surface area contributed by atoms with Gasteiger partial charge in [-0.15, -0.1) is 0 Å². The van der Waals surface area contributed by atoms with E-state index < -0.39 is 35.9 Å². The smallest absolute Gasteiger partial charge is 0.383 e. The molecule has 1 unspecified atom stereocenters. The average molecular weight is 549 g/mol. The molecule has 4 nitrogen and oxygen atoms in total. The fourth-order valence-corrected chi connectivity index (χ4v) is 4.83. The number of piperidine rings is 1. The maximum absolute atomic E-state index is 13.4. The van der Waals surface area contributed by atoms with E-state index in [4.69, 9.17) is 4.74 Å². The number of amides is 1. The van der Waals surface area contributed by atoms with Crippen LogP contribution in [0.15, 0.2) is 42.5 Å². The lowest BCUT2D eigenvalue weighted by Gasteiger charge is -2.36. The predicted molar refractivity (Wildman–Crippen MR) is 128 cm³/mol. The number of halogens is 7. The van der Waals surface area contributed by atoms with E-state index in [1.165, 1.54) is 12.1 Å². The normalized spacial score (nSPS) is 16.4. The molecule has 2 aromatic rings. The Balaban J connectivity index is 1.69. The highest BCUT2D eigenvalue weighted by atomic mass is 19.4. The van der Waals surface area contributed by atoms with Gasteiger partial charge in [-0.3, -0.25) is 4.79 Å². The summed E-state index contributed by atoms with van der Waals surface area (Å²) in [4.78, 5) is 15.1. The molecule has 11 heteroatoms. The lowest BCUT2D eigenvalue weighted by Crippen LogP contribution is -2.39. The highest BCUT2D eigenvalue weighted by Gasteiger charge is 2.37. The number of rotatable bonds is 10. The van der Waals surface area contributed by atoms with Crippen LogP contribution in [0.5, 0.6) is 0 Å². The summed E-state index contributed by atoms with van der Waals surface area (Å²) in [5.74, 6) is -0.800. The number of ether oxygens (including phenoxy) is 1. The molecule has 0 radical (unpaired) electrons. The van der Waals surface area contributed by atoms with Crippen LogP contribution < -0.4 is 5.32 Å². The summed E-state index contributed by atoms with van der Waals surface area (Å²) in [6.45, 7) is 2.57. The van der Waals surface area contributed by atoms with Crippen LogP contribution in [0.1, 0.15) is 41.5 Å². The van der Waals surface area contributed by atoms with Crippen LogP contribution >= 0.6 is 0 Å². The quantitative estimate of drug-likeness (QED) is 0.366. The predicted octanol–water partition coefficient (Wildman–Crippen LogP) is 6.09. The van der Waals surface area contributed by atoms with Crippen LogP contribution in [0.3, 0.4) is 0 Å². The first-order chi connectivity index (χ1) is 17.8. The van der Waals surface area contributed by atoms with Crippen molar-refractivity contribution >= 4 is 5.91 Å². The minimum absolute atomic E-state index is 0.0468. The molecule has 3 rings (SSSR count). The molecule has 0 saturated carbocycles. The van der Waals surface area contributed by atoms with Gasteiger partial charge in [0.15, 0.2) is 0 Å². The molecule has 38 heavy (non-hydrogen) atoms. The van der Waals surface area contributed by atoms with Crippen LogP contribution in [0.2, 0.25) is 0 Å². The van der Waals surface area contributed by atoms with E-state index >= 15 is 0 Å². The molecule has 1 saturated heterocycles. The molecule has 1 fully saturated rings. The number of carbonyl (C=O) groups is 1. The molecule has 1 aliphatic rings. The van der Waals surface area contributed by atoms with Crippen molar-refractivity contribution < 1.29 is 40.3 Å². The Morgan fingerprint density at radius 1 is 0.974 bits per heavy atom. The molecule has 1 heterocycles. The van der Waals surface area contributed by atoms with Gasteiger partial charge in [0.1, 0.15) is 5.82 Å². The van der Waals surface area contributed by atoms with Crippen molar-refractivity contribution in [3.8, 4) is 0 Å². The van der Waals surface area contributed by atoms with Crippen molar-refractivity contribution in [1.29, 1.82) is 0 Å². The van der Waals surface area contributed by atoms with Crippen LogP contribution in [0.4, 0.5) is 30.7 Å². The van der Waals surface area contributed by atoms with Crippen LogP contribution in [0.25, 0.3) is 0 Å². The molecular formula is C27H31F7N2O2. The number of nitrogens with zero attached hydrogens (tertiary/aromatic N) is 1. The minimum atomic E-state index is -4.96. The molecule has 0 spiro atoms. The van der Waals surface area contributed by atoms with Gasteiger partial charge >= 0.3 is 12.4 Å². The van der Waals surface area contributed by atoms with Crippen molar-refractivity contribution in [3.05, 3.63) is 70.5 Å². The highest BCUT2D eigenvalue weighted by molar-refractivity contribution is 5.76. The van der Waals surface area contributed by atoms with E-state index in [2.05, 4.69) is 10.2 Å². The second-order valence-electron chi connectivity index (χ2n) is 9.66. The van der Waals surface area contributed by atoms with Crippen molar-refractivity contribution in [2.75, 3.05) is 33.4 Å². The summed E-state index contributed by atoms with van der Waals surface area (Å²) >= 11 is 0. The summed E-state index contributed by atoms with van der Waals surface area (Å²) in [6, 6.07) is 7.26. The molecular weight excluding hydrogens is 517 g/mol. The van der Waals surface area contributed by atoms with E-state index in [-0.39, 0.29) is 35.7 Å². The maximum Gasteiger partial charge on any atom is 0.416 e. The van der Waals surface area contributed by atoms with Crippen LogP contribution in [-0.4, -0.2) is 44.2 Å². The lowest BCUT2D eigenvalue weighted by atomic mass is 9.78.